The second kappa shape index (κ2) is 11.9. The summed E-state index contributed by atoms with van der Waals surface area (Å²) in [5.74, 6) is 0.705. The molecule has 3 rings (SSSR count). The lowest BCUT2D eigenvalue weighted by Crippen LogP contribution is -2.33. The van der Waals surface area contributed by atoms with Gasteiger partial charge in [-0.1, -0.05) is 80.9 Å². The van der Waals surface area contributed by atoms with Crippen molar-refractivity contribution in [1.82, 2.24) is 20.1 Å². The predicted molar refractivity (Wildman–Crippen MR) is 142 cm³/mol. The van der Waals surface area contributed by atoms with E-state index in [-0.39, 0.29) is 23.5 Å². The van der Waals surface area contributed by atoms with Gasteiger partial charge >= 0.3 is 0 Å². The van der Waals surface area contributed by atoms with E-state index in [4.69, 9.17) is 23.2 Å². The van der Waals surface area contributed by atoms with Gasteiger partial charge in [-0.15, -0.1) is 10.2 Å². The summed E-state index contributed by atoms with van der Waals surface area (Å²) >= 11 is 13.3. The van der Waals surface area contributed by atoms with E-state index in [1.807, 2.05) is 45.2 Å². The molecular formula is C25H29Cl2N5O2S. The molecule has 0 bridgehead atoms. The molecule has 35 heavy (non-hydrogen) atoms. The fraction of sp³-hybridized carbons (Fsp3) is 0.360. The van der Waals surface area contributed by atoms with Gasteiger partial charge in [-0.2, -0.15) is 0 Å². The molecular weight excluding hydrogens is 505 g/mol. The van der Waals surface area contributed by atoms with E-state index in [1.165, 1.54) is 17.8 Å². The van der Waals surface area contributed by atoms with Crippen LogP contribution >= 0.6 is 35.0 Å². The van der Waals surface area contributed by atoms with Crippen molar-refractivity contribution < 1.29 is 9.59 Å². The highest BCUT2D eigenvalue weighted by Crippen LogP contribution is 2.27. The van der Waals surface area contributed by atoms with E-state index in [1.54, 1.807) is 16.7 Å². The number of carbonyl (C=O) groups is 2. The fourth-order valence-electron chi connectivity index (χ4n) is 3.54. The molecule has 2 aromatic carbocycles. The molecule has 0 aliphatic rings. The lowest BCUT2D eigenvalue weighted by atomic mass is 10.0. The topological polar surface area (TPSA) is 88.9 Å². The molecule has 0 fully saturated rings. The first-order chi connectivity index (χ1) is 16.6. The van der Waals surface area contributed by atoms with Gasteiger partial charge in [0.25, 0.3) is 5.91 Å². The number of halogens is 2. The molecule has 0 unspecified atom stereocenters. The molecule has 1 atom stereocenters. The molecule has 2 N–H and O–H groups in total. The highest BCUT2D eigenvalue weighted by Gasteiger charge is 2.25. The Balaban J connectivity index is 1.68. The average Bonchev–Trinajstić information content (AvgIpc) is 3.17. The Morgan fingerprint density at radius 2 is 1.74 bits per heavy atom. The van der Waals surface area contributed by atoms with Crippen LogP contribution in [0.1, 0.15) is 61.4 Å². The van der Waals surface area contributed by atoms with Crippen LogP contribution in [0, 0.1) is 5.92 Å². The Morgan fingerprint density at radius 1 is 1.03 bits per heavy atom. The van der Waals surface area contributed by atoms with E-state index in [2.05, 4.69) is 34.7 Å². The predicted octanol–water partition coefficient (Wildman–Crippen LogP) is 6.10. The summed E-state index contributed by atoms with van der Waals surface area (Å²) in [5.41, 5.74) is 2.31. The number of aromatic nitrogens is 3. The number of hydrogen-bond donors (Lipinski definition) is 2. The van der Waals surface area contributed by atoms with Crippen molar-refractivity contribution in [1.29, 1.82) is 0 Å². The van der Waals surface area contributed by atoms with Gasteiger partial charge < -0.3 is 15.2 Å². The Morgan fingerprint density at radius 3 is 2.40 bits per heavy atom. The van der Waals surface area contributed by atoms with Gasteiger partial charge in [0, 0.05) is 18.3 Å². The zero-order valence-electron chi connectivity index (χ0n) is 20.3. The van der Waals surface area contributed by atoms with Crippen molar-refractivity contribution in [2.75, 3.05) is 11.1 Å². The third-order valence-corrected chi connectivity index (χ3v) is 7.23. The van der Waals surface area contributed by atoms with Gasteiger partial charge in [-0.05, 0) is 41.7 Å². The van der Waals surface area contributed by atoms with E-state index >= 15 is 0 Å². The number of amides is 2. The first kappa shape index (κ1) is 27.0. The smallest absolute Gasteiger partial charge is 0.251 e. The van der Waals surface area contributed by atoms with Crippen molar-refractivity contribution in [3.8, 4) is 0 Å². The Hall–Kier alpha value is -2.55. The molecule has 0 spiro atoms. The van der Waals surface area contributed by atoms with Crippen LogP contribution in [0.15, 0.2) is 47.6 Å². The lowest BCUT2D eigenvalue weighted by Gasteiger charge is -2.22. The maximum atomic E-state index is 12.9. The minimum absolute atomic E-state index is 0.0401. The van der Waals surface area contributed by atoms with Gasteiger partial charge in [0.15, 0.2) is 11.0 Å². The average molecular weight is 535 g/mol. The summed E-state index contributed by atoms with van der Waals surface area (Å²) < 4.78 is 1.81. The molecule has 1 heterocycles. The first-order valence-corrected chi connectivity index (χ1v) is 13.0. The quantitative estimate of drug-likeness (QED) is 0.324. The monoisotopic (exact) mass is 533 g/mol. The SMILES string of the molecule is CC(C)c1ccccc1NC(=O)CSc1nnc([C@H](NC(=O)c2ccc(Cl)c(Cl)c2)C(C)C)n1C. The normalized spacial score (nSPS) is 12.1. The number of hydrogen-bond acceptors (Lipinski definition) is 5. The van der Waals surface area contributed by atoms with Crippen LogP contribution in [-0.4, -0.2) is 32.3 Å². The van der Waals surface area contributed by atoms with Crippen LogP contribution in [0.2, 0.25) is 10.0 Å². The largest absolute Gasteiger partial charge is 0.342 e. The maximum Gasteiger partial charge on any atom is 0.251 e. The molecule has 10 heteroatoms. The highest BCUT2D eigenvalue weighted by atomic mass is 35.5. The van der Waals surface area contributed by atoms with Crippen LogP contribution in [0.3, 0.4) is 0 Å². The van der Waals surface area contributed by atoms with Crippen molar-refractivity contribution >= 4 is 52.5 Å². The minimum Gasteiger partial charge on any atom is -0.342 e. The number of benzene rings is 2. The third-order valence-electron chi connectivity index (χ3n) is 5.47. The summed E-state index contributed by atoms with van der Waals surface area (Å²) in [6.07, 6.45) is 0. The van der Waals surface area contributed by atoms with Gasteiger partial charge in [0.05, 0.1) is 21.8 Å². The van der Waals surface area contributed by atoms with E-state index in [0.29, 0.717) is 32.5 Å². The summed E-state index contributed by atoms with van der Waals surface area (Å²) in [5, 5.41) is 15.9. The third kappa shape index (κ3) is 6.78. The number of carbonyl (C=O) groups excluding carboxylic acids is 2. The van der Waals surface area contributed by atoms with E-state index in [9.17, 15) is 9.59 Å². The number of anilines is 1. The van der Waals surface area contributed by atoms with Crippen LogP contribution in [-0.2, 0) is 11.8 Å². The van der Waals surface area contributed by atoms with Crippen LogP contribution in [0.5, 0.6) is 0 Å². The number of nitrogens with zero attached hydrogens (tertiary/aromatic N) is 3. The van der Waals surface area contributed by atoms with Gasteiger partial charge in [-0.25, -0.2) is 0 Å². The fourth-order valence-corrected chi connectivity index (χ4v) is 4.56. The molecule has 0 aliphatic heterocycles. The van der Waals surface area contributed by atoms with Gasteiger partial charge in [0.1, 0.15) is 0 Å². The summed E-state index contributed by atoms with van der Waals surface area (Å²) in [6, 6.07) is 12.1. The zero-order chi connectivity index (χ0) is 25.7. The molecule has 0 saturated heterocycles. The molecule has 7 nitrogen and oxygen atoms in total. The van der Waals surface area contributed by atoms with Crippen LogP contribution < -0.4 is 10.6 Å². The van der Waals surface area contributed by atoms with Crippen molar-refractivity contribution in [3.05, 3.63) is 69.5 Å². The summed E-state index contributed by atoms with van der Waals surface area (Å²) in [6.45, 7) is 8.15. The van der Waals surface area contributed by atoms with Crippen molar-refractivity contribution in [2.24, 2.45) is 13.0 Å². The second-order valence-electron chi connectivity index (χ2n) is 8.80. The van der Waals surface area contributed by atoms with E-state index in [0.717, 1.165) is 11.3 Å². The highest BCUT2D eigenvalue weighted by molar-refractivity contribution is 7.99. The molecule has 3 aromatic rings. The lowest BCUT2D eigenvalue weighted by molar-refractivity contribution is -0.113. The van der Waals surface area contributed by atoms with Crippen molar-refractivity contribution in [3.63, 3.8) is 0 Å². The Bertz CT molecular complexity index is 1210. The number of thioether (sulfide) groups is 1. The van der Waals surface area contributed by atoms with Gasteiger partial charge in [0.2, 0.25) is 5.91 Å². The minimum atomic E-state index is -0.393. The van der Waals surface area contributed by atoms with Crippen molar-refractivity contribution in [2.45, 2.75) is 44.8 Å². The van der Waals surface area contributed by atoms with Gasteiger partial charge in [-0.3, -0.25) is 9.59 Å². The standard InChI is InChI=1S/C25H29Cl2N5O2S/c1-14(2)17-8-6-7-9-20(17)28-21(33)13-35-25-31-30-23(32(25)5)22(15(3)4)29-24(34)16-10-11-18(26)19(27)12-16/h6-12,14-15,22H,13H2,1-5H3,(H,28,33)(H,29,34)/t22-/m1/s1. The number of para-hydroxylation sites is 1. The molecule has 2 amide bonds. The molecule has 186 valence electrons. The maximum absolute atomic E-state index is 12.9. The molecule has 0 saturated carbocycles. The van der Waals surface area contributed by atoms with E-state index < -0.39 is 6.04 Å². The molecule has 1 aromatic heterocycles. The summed E-state index contributed by atoms with van der Waals surface area (Å²) in [7, 11) is 1.82. The first-order valence-electron chi connectivity index (χ1n) is 11.2. The van der Waals surface area contributed by atoms with Crippen LogP contribution in [0.4, 0.5) is 5.69 Å². The zero-order valence-corrected chi connectivity index (χ0v) is 22.6. The van der Waals surface area contributed by atoms with Crippen LogP contribution in [0.25, 0.3) is 0 Å². The second-order valence-corrected chi connectivity index (χ2v) is 10.6. The Kier molecular flexibility index (Phi) is 9.21. The molecule has 0 aliphatic carbocycles. The number of nitrogens with one attached hydrogen (secondary N) is 2. The number of rotatable bonds is 9. The molecule has 0 radical (unpaired) electrons. The Labute approximate surface area is 220 Å². The summed E-state index contributed by atoms with van der Waals surface area (Å²) in [4.78, 5) is 25.5.